The minimum Gasteiger partial charge on any atom is -0.492 e. The molecule has 0 radical (unpaired) electrons. The van der Waals surface area contributed by atoms with Crippen molar-refractivity contribution >= 4 is 23.1 Å². The van der Waals surface area contributed by atoms with E-state index >= 15 is 0 Å². The fourth-order valence-corrected chi connectivity index (χ4v) is 5.24. The molecule has 0 aliphatic heterocycles. The zero-order valence-electron chi connectivity index (χ0n) is 25.7. The van der Waals surface area contributed by atoms with Gasteiger partial charge in [-0.05, 0) is 60.0 Å². The van der Waals surface area contributed by atoms with Crippen LogP contribution >= 0.6 is 0 Å². The van der Waals surface area contributed by atoms with Crippen molar-refractivity contribution in [2.75, 3.05) is 30.5 Å². The summed E-state index contributed by atoms with van der Waals surface area (Å²) in [6.45, 7) is 4.16. The number of carbonyl (C=O) groups excluding carboxylic acids is 2. The number of hydrogen-bond acceptors (Lipinski definition) is 6. The van der Waals surface area contributed by atoms with E-state index in [1.807, 2.05) is 60.7 Å². The first kappa shape index (κ1) is 31.1. The van der Waals surface area contributed by atoms with Gasteiger partial charge in [-0.1, -0.05) is 97.1 Å². The van der Waals surface area contributed by atoms with Crippen LogP contribution in [0.15, 0.2) is 133 Å². The summed E-state index contributed by atoms with van der Waals surface area (Å²) in [6.07, 6.45) is 0.374. The lowest BCUT2D eigenvalue weighted by Crippen LogP contribution is -2.33. The van der Waals surface area contributed by atoms with Crippen LogP contribution in [0.25, 0.3) is 0 Å². The molecule has 0 amide bonds. The summed E-state index contributed by atoms with van der Waals surface area (Å²) in [6, 6.07) is 42.2. The first-order valence-electron chi connectivity index (χ1n) is 15.1. The number of hydrogen-bond donors (Lipinski definition) is 1. The van der Waals surface area contributed by atoms with Gasteiger partial charge in [0.05, 0.1) is 13.7 Å². The van der Waals surface area contributed by atoms with E-state index < -0.39 is 12.0 Å². The Kier molecular flexibility index (Phi) is 10.6. The van der Waals surface area contributed by atoms with Crippen LogP contribution < -0.4 is 15.0 Å². The molecule has 0 spiro atoms. The molecule has 0 saturated carbocycles. The van der Waals surface area contributed by atoms with Crippen LogP contribution in [0.4, 0.5) is 11.4 Å². The molecule has 0 unspecified atom stereocenters. The molecule has 0 aliphatic rings. The highest BCUT2D eigenvalue weighted by Crippen LogP contribution is 2.23. The second kappa shape index (κ2) is 15.4. The number of methoxy groups -OCH3 is 1. The van der Waals surface area contributed by atoms with Gasteiger partial charge in [0.15, 0.2) is 5.78 Å². The highest BCUT2D eigenvalue weighted by atomic mass is 16.5. The van der Waals surface area contributed by atoms with Crippen molar-refractivity contribution in [2.45, 2.75) is 25.9 Å². The maximum atomic E-state index is 13.2. The van der Waals surface area contributed by atoms with Gasteiger partial charge < -0.3 is 19.7 Å². The van der Waals surface area contributed by atoms with Gasteiger partial charge >= 0.3 is 5.97 Å². The first-order valence-corrected chi connectivity index (χ1v) is 15.1. The number of rotatable bonds is 14. The number of anilines is 2. The minimum atomic E-state index is -0.688. The van der Waals surface area contributed by atoms with Crippen molar-refractivity contribution in [2.24, 2.45) is 0 Å². The van der Waals surface area contributed by atoms with E-state index in [1.54, 1.807) is 24.3 Å². The molecular formula is C39H38N2O4. The molecule has 0 aliphatic carbocycles. The van der Waals surface area contributed by atoms with E-state index in [4.69, 9.17) is 9.47 Å². The Morgan fingerprint density at radius 3 is 2.11 bits per heavy atom. The maximum absolute atomic E-state index is 13.2. The van der Waals surface area contributed by atoms with E-state index in [1.165, 1.54) is 18.2 Å². The normalized spacial score (nSPS) is 11.3. The van der Waals surface area contributed by atoms with Crippen molar-refractivity contribution in [3.8, 4) is 5.75 Å². The lowest BCUT2D eigenvalue weighted by Gasteiger charge is -2.26. The number of ketones is 1. The molecule has 45 heavy (non-hydrogen) atoms. The second-order valence-corrected chi connectivity index (χ2v) is 10.8. The smallest absolute Gasteiger partial charge is 0.328 e. The van der Waals surface area contributed by atoms with Crippen LogP contribution in [0.5, 0.6) is 5.75 Å². The van der Waals surface area contributed by atoms with Gasteiger partial charge in [0.1, 0.15) is 18.4 Å². The lowest BCUT2D eigenvalue weighted by atomic mass is 10.00. The average molecular weight is 599 g/mol. The standard InChI is InChI=1S/C39H38N2O4/c1-29-13-9-10-16-32(29)28-41(33-17-7-4-8-18-33)25-26-45-34-23-21-30(22-24-34)27-37(39(43)44-2)40-36-20-12-11-19-35(36)38(42)31-14-5-3-6-15-31/h3-24,37,40H,25-28H2,1-2H3/t37-/m0/s1. The first-order chi connectivity index (χ1) is 22.0. The second-order valence-electron chi connectivity index (χ2n) is 10.8. The number of nitrogens with one attached hydrogen (secondary N) is 1. The van der Waals surface area contributed by atoms with Gasteiger partial charge in [0.2, 0.25) is 0 Å². The molecule has 0 fully saturated rings. The highest BCUT2D eigenvalue weighted by Gasteiger charge is 2.22. The van der Waals surface area contributed by atoms with Gasteiger partial charge in [-0.3, -0.25) is 4.79 Å². The summed E-state index contributed by atoms with van der Waals surface area (Å²) < 4.78 is 11.3. The van der Waals surface area contributed by atoms with Crippen molar-refractivity contribution in [3.63, 3.8) is 0 Å². The highest BCUT2D eigenvalue weighted by molar-refractivity contribution is 6.12. The Morgan fingerprint density at radius 2 is 1.40 bits per heavy atom. The molecule has 1 atom stereocenters. The summed E-state index contributed by atoms with van der Waals surface area (Å²) in [4.78, 5) is 28.4. The SMILES string of the molecule is COC(=O)[C@H](Cc1ccc(OCCN(Cc2ccccc2C)c2ccccc2)cc1)Nc1ccccc1C(=O)c1ccccc1. The van der Waals surface area contributed by atoms with Crippen molar-refractivity contribution < 1.29 is 19.1 Å². The summed E-state index contributed by atoms with van der Waals surface area (Å²) in [5.74, 6) is 0.226. The van der Waals surface area contributed by atoms with Crippen molar-refractivity contribution in [3.05, 3.63) is 161 Å². The van der Waals surface area contributed by atoms with Gasteiger partial charge in [0, 0.05) is 35.5 Å². The molecular weight excluding hydrogens is 560 g/mol. The van der Waals surface area contributed by atoms with E-state index in [-0.39, 0.29) is 5.78 Å². The molecule has 5 aromatic carbocycles. The van der Waals surface area contributed by atoms with Gasteiger partial charge in [-0.15, -0.1) is 0 Å². The fraction of sp³-hybridized carbons (Fsp3) is 0.179. The van der Waals surface area contributed by atoms with E-state index in [0.29, 0.717) is 29.8 Å². The van der Waals surface area contributed by atoms with E-state index in [2.05, 4.69) is 65.7 Å². The fourth-order valence-electron chi connectivity index (χ4n) is 5.24. The largest absolute Gasteiger partial charge is 0.492 e. The Hall–Kier alpha value is -5.36. The number of para-hydroxylation sites is 2. The van der Waals surface area contributed by atoms with Crippen LogP contribution in [0.1, 0.15) is 32.6 Å². The number of ether oxygens (including phenoxy) is 2. The number of aryl methyl sites for hydroxylation is 1. The topological polar surface area (TPSA) is 67.9 Å². The number of esters is 1. The zero-order valence-corrected chi connectivity index (χ0v) is 25.7. The Balaban J connectivity index is 1.23. The maximum Gasteiger partial charge on any atom is 0.328 e. The average Bonchev–Trinajstić information content (AvgIpc) is 3.09. The summed E-state index contributed by atoms with van der Waals surface area (Å²) in [5, 5.41) is 3.27. The van der Waals surface area contributed by atoms with Crippen LogP contribution in [-0.2, 0) is 22.5 Å². The molecule has 0 aromatic heterocycles. The molecule has 1 N–H and O–H groups in total. The summed E-state index contributed by atoms with van der Waals surface area (Å²) in [5.41, 5.74) is 6.28. The van der Waals surface area contributed by atoms with Crippen LogP contribution in [0.3, 0.4) is 0 Å². The Bertz CT molecular complexity index is 1690. The molecule has 5 rings (SSSR count). The molecule has 228 valence electrons. The Morgan fingerprint density at radius 1 is 0.756 bits per heavy atom. The molecule has 6 nitrogen and oxygen atoms in total. The third-order valence-corrected chi connectivity index (χ3v) is 7.76. The monoisotopic (exact) mass is 598 g/mol. The predicted molar refractivity (Wildman–Crippen MR) is 180 cm³/mol. The summed E-state index contributed by atoms with van der Waals surface area (Å²) >= 11 is 0. The zero-order chi connectivity index (χ0) is 31.4. The Labute approximate surface area is 265 Å². The quantitative estimate of drug-likeness (QED) is 0.105. The molecule has 5 aromatic rings. The molecule has 0 heterocycles. The number of nitrogens with zero attached hydrogens (tertiary/aromatic N) is 1. The van der Waals surface area contributed by atoms with Crippen molar-refractivity contribution in [1.29, 1.82) is 0 Å². The third kappa shape index (κ3) is 8.39. The molecule has 0 saturated heterocycles. The molecule has 0 bridgehead atoms. The third-order valence-electron chi connectivity index (χ3n) is 7.76. The lowest BCUT2D eigenvalue weighted by molar-refractivity contribution is -0.141. The van der Waals surface area contributed by atoms with E-state index in [0.717, 1.165) is 30.1 Å². The van der Waals surface area contributed by atoms with Crippen LogP contribution in [0.2, 0.25) is 0 Å². The number of carbonyl (C=O) groups is 2. The minimum absolute atomic E-state index is 0.117. The van der Waals surface area contributed by atoms with Gasteiger partial charge in [-0.25, -0.2) is 4.79 Å². The predicted octanol–water partition coefficient (Wildman–Crippen LogP) is 7.51. The van der Waals surface area contributed by atoms with Crippen molar-refractivity contribution in [1.82, 2.24) is 0 Å². The number of benzene rings is 5. The van der Waals surface area contributed by atoms with Gasteiger partial charge in [-0.2, -0.15) is 0 Å². The van der Waals surface area contributed by atoms with E-state index in [9.17, 15) is 9.59 Å². The van der Waals surface area contributed by atoms with Crippen LogP contribution in [-0.4, -0.2) is 38.1 Å². The molecule has 6 heteroatoms. The van der Waals surface area contributed by atoms with Crippen LogP contribution in [0, 0.1) is 6.92 Å². The van der Waals surface area contributed by atoms with Gasteiger partial charge in [0.25, 0.3) is 0 Å². The summed E-state index contributed by atoms with van der Waals surface area (Å²) in [7, 11) is 1.37.